The van der Waals surface area contributed by atoms with Gasteiger partial charge in [0.15, 0.2) is 5.82 Å². The minimum Gasteiger partial charge on any atom is -0.210 e. The van der Waals surface area contributed by atoms with Gasteiger partial charge in [0.25, 0.3) is 0 Å². The van der Waals surface area contributed by atoms with Crippen molar-refractivity contribution in [2.45, 2.75) is 25.7 Å². The molecule has 0 saturated carbocycles. The smallest absolute Gasteiger partial charge is 0.152 e. The fraction of sp³-hybridized carbons (Fsp3) is 0.500. The third kappa shape index (κ3) is 2.28. The maximum Gasteiger partial charge on any atom is 0.152 e. The first-order valence-corrected chi connectivity index (χ1v) is 8.35. The molecule has 0 unspecified atom stereocenters. The molecule has 4 heteroatoms. The summed E-state index contributed by atoms with van der Waals surface area (Å²) in [5.41, 5.74) is 0. The third-order valence-corrected chi connectivity index (χ3v) is 8.26. The minimum absolute atomic E-state index is 0.314. The second-order valence-corrected chi connectivity index (χ2v) is 8.67. The largest absolute Gasteiger partial charge is 0.210 e. The summed E-state index contributed by atoms with van der Waals surface area (Å²) in [6, 6.07) is 2.78. The van der Waals surface area contributed by atoms with Gasteiger partial charge in [-0.25, -0.2) is 18.8 Å². The average Bonchev–Trinajstić information content (AvgIpc) is 2.30. The van der Waals surface area contributed by atoms with Crippen molar-refractivity contribution in [1.29, 1.82) is 0 Å². The highest BCUT2D eigenvalue weighted by Gasteiger charge is 2.28. The second kappa shape index (κ2) is 5.50. The van der Waals surface area contributed by atoms with Gasteiger partial charge in [0, 0.05) is 0 Å². The van der Waals surface area contributed by atoms with Crippen LogP contribution in [0, 0.1) is 11.6 Å². The van der Waals surface area contributed by atoms with Crippen molar-refractivity contribution < 1.29 is 8.78 Å². The quantitative estimate of drug-likeness (QED) is 0.690. The zero-order valence-electron chi connectivity index (χ0n) is 9.82. The maximum atomic E-state index is 14.1. The Balaban J connectivity index is 3.45. The van der Waals surface area contributed by atoms with Crippen LogP contribution in [0.3, 0.4) is 0 Å². The Morgan fingerprint density at radius 3 is 2.00 bits per heavy atom. The number of hydrogen-bond acceptors (Lipinski definition) is 0. The van der Waals surface area contributed by atoms with Crippen molar-refractivity contribution in [1.82, 2.24) is 0 Å². The maximum absolute atomic E-state index is 14.1. The molecule has 1 aromatic carbocycles. The first-order chi connectivity index (χ1) is 7.52. The molecule has 0 atom stereocenters. The molecule has 0 heterocycles. The number of rotatable bonds is 4. The molecule has 0 radical (unpaired) electrons. The van der Waals surface area contributed by atoms with E-state index in [4.69, 9.17) is 0 Å². The van der Waals surface area contributed by atoms with Crippen LogP contribution in [0.15, 0.2) is 21.5 Å². The SMILES string of the molecule is CCS(CC)(CC)c1c(F)ccc(Br)c1F. The Hall–Kier alpha value is -0.0900. The van der Waals surface area contributed by atoms with Gasteiger partial charge in [0.2, 0.25) is 0 Å². The fourth-order valence-corrected chi connectivity index (χ4v) is 5.48. The van der Waals surface area contributed by atoms with Crippen molar-refractivity contribution in [2.24, 2.45) is 0 Å². The Morgan fingerprint density at radius 2 is 1.56 bits per heavy atom. The van der Waals surface area contributed by atoms with Crippen molar-refractivity contribution in [3.8, 4) is 0 Å². The standard InChI is InChI=1S/C12H17BrF2S/c1-4-16(5-2,6-3)12-10(14)8-7-9(13)11(12)15/h7-8H,4-6H2,1-3H3. The van der Waals surface area contributed by atoms with Gasteiger partial charge < -0.3 is 0 Å². The van der Waals surface area contributed by atoms with E-state index < -0.39 is 21.7 Å². The molecule has 0 nitrogen and oxygen atoms in total. The molecule has 0 aliphatic rings. The topological polar surface area (TPSA) is 0 Å². The van der Waals surface area contributed by atoms with Crippen molar-refractivity contribution in [3.05, 3.63) is 28.2 Å². The van der Waals surface area contributed by atoms with Gasteiger partial charge in [-0.3, -0.25) is 0 Å². The average molecular weight is 311 g/mol. The van der Waals surface area contributed by atoms with E-state index in [-0.39, 0.29) is 0 Å². The summed E-state index contributed by atoms with van der Waals surface area (Å²) < 4.78 is 28.3. The molecular weight excluding hydrogens is 294 g/mol. The van der Waals surface area contributed by atoms with Crippen LogP contribution in [0.25, 0.3) is 0 Å². The van der Waals surface area contributed by atoms with Crippen LogP contribution < -0.4 is 0 Å². The number of hydrogen-bond donors (Lipinski definition) is 0. The highest BCUT2D eigenvalue weighted by molar-refractivity contribution is 9.10. The molecule has 0 saturated heterocycles. The van der Waals surface area contributed by atoms with E-state index >= 15 is 0 Å². The van der Waals surface area contributed by atoms with E-state index in [0.717, 1.165) is 17.3 Å². The van der Waals surface area contributed by atoms with Crippen LogP contribution in [0.4, 0.5) is 8.78 Å². The van der Waals surface area contributed by atoms with E-state index in [1.54, 1.807) is 0 Å². The van der Waals surface area contributed by atoms with Gasteiger partial charge in [-0.2, -0.15) is 0 Å². The van der Waals surface area contributed by atoms with Crippen LogP contribution in [-0.2, 0) is 0 Å². The molecule has 0 aliphatic heterocycles. The molecule has 0 amide bonds. The predicted molar refractivity (Wildman–Crippen MR) is 71.5 cm³/mol. The molecule has 92 valence electrons. The monoisotopic (exact) mass is 310 g/mol. The van der Waals surface area contributed by atoms with Crippen molar-refractivity contribution in [3.63, 3.8) is 0 Å². The molecule has 16 heavy (non-hydrogen) atoms. The van der Waals surface area contributed by atoms with Gasteiger partial charge in [0.1, 0.15) is 5.82 Å². The summed E-state index contributed by atoms with van der Waals surface area (Å²) in [4.78, 5) is 0.314. The summed E-state index contributed by atoms with van der Waals surface area (Å²) in [6.07, 6.45) is 0. The van der Waals surface area contributed by atoms with Gasteiger partial charge >= 0.3 is 0 Å². The van der Waals surface area contributed by atoms with Crippen molar-refractivity contribution in [2.75, 3.05) is 17.3 Å². The molecule has 0 N–H and O–H groups in total. The Morgan fingerprint density at radius 1 is 1.06 bits per heavy atom. The Bertz CT molecular complexity index is 367. The predicted octanol–water partition coefficient (Wildman–Crippen LogP) is 4.95. The van der Waals surface area contributed by atoms with Gasteiger partial charge in [-0.15, -0.1) is 0 Å². The van der Waals surface area contributed by atoms with E-state index in [9.17, 15) is 8.78 Å². The van der Waals surface area contributed by atoms with Crippen LogP contribution >= 0.6 is 26.0 Å². The van der Waals surface area contributed by atoms with E-state index in [2.05, 4.69) is 15.9 Å². The molecule has 0 aliphatic carbocycles. The zero-order chi connectivity index (χ0) is 12.3. The molecule has 0 aromatic heterocycles. The highest BCUT2D eigenvalue weighted by atomic mass is 79.9. The molecule has 0 bridgehead atoms. The molecular formula is C12H17BrF2S. The summed E-state index contributed by atoms with van der Waals surface area (Å²) >= 11 is 3.13. The molecule has 1 rings (SSSR count). The molecule has 0 fully saturated rings. The summed E-state index contributed by atoms with van der Waals surface area (Å²) in [6.45, 7) is 6.05. The van der Waals surface area contributed by atoms with Gasteiger partial charge in [-0.05, 0) is 45.3 Å². The fourth-order valence-electron chi connectivity index (χ4n) is 1.95. The lowest BCUT2D eigenvalue weighted by atomic mass is 10.3. The highest BCUT2D eigenvalue weighted by Crippen LogP contribution is 2.57. The normalized spacial score (nSPS) is 12.9. The zero-order valence-corrected chi connectivity index (χ0v) is 12.2. The van der Waals surface area contributed by atoms with Gasteiger partial charge in [0.05, 0.1) is 9.37 Å². The Labute approximate surface area is 106 Å². The third-order valence-electron chi connectivity index (χ3n) is 3.09. The lowest BCUT2D eigenvalue weighted by molar-refractivity contribution is 0.534. The Kier molecular flexibility index (Phi) is 4.80. The first kappa shape index (κ1) is 14.0. The lowest BCUT2D eigenvalue weighted by Gasteiger charge is -2.38. The lowest BCUT2D eigenvalue weighted by Crippen LogP contribution is -2.13. The van der Waals surface area contributed by atoms with Gasteiger partial charge in [-0.1, -0.05) is 20.8 Å². The van der Waals surface area contributed by atoms with Crippen LogP contribution in [0.2, 0.25) is 0 Å². The first-order valence-electron chi connectivity index (χ1n) is 5.42. The summed E-state index contributed by atoms with van der Waals surface area (Å²) in [7, 11) is -1.35. The number of halogens is 3. The molecule has 1 aromatic rings. The second-order valence-electron chi connectivity index (χ2n) is 3.58. The van der Waals surface area contributed by atoms with E-state index in [1.165, 1.54) is 12.1 Å². The van der Waals surface area contributed by atoms with E-state index in [1.807, 2.05) is 20.8 Å². The van der Waals surface area contributed by atoms with Crippen molar-refractivity contribution >= 4 is 26.0 Å². The summed E-state index contributed by atoms with van der Waals surface area (Å²) in [5, 5.41) is 0. The summed E-state index contributed by atoms with van der Waals surface area (Å²) in [5.74, 6) is 1.65. The van der Waals surface area contributed by atoms with Crippen LogP contribution in [0.5, 0.6) is 0 Å². The minimum atomic E-state index is -1.35. The molecule has 0 spiro atoms. The number of benzene rings is 1. The van der Waals surface area contributed by atoms with E-state index in [0.29, 0.717) is 9.37 Å². The van der Waals surface area contributed by atoms with Crippen LogP contribution in [-0.4, -0.2) is 17.3 Å². The van der Waals surface area contributed by atoms with Crippen LogP contribution in [0.1, 0.15) is 20.8 Å².